The molecule has 0 saturated heterocycles. The average Bonchev–Trinajstić information content (AvgIpc) is 3.02. The molecule has 0 bridgehead atoms. The molecule has 0 amide bonds. The fourth-order valence-corrected chi connectivity index (χ4v) is 4.32. The molecule has 0 fully saturated rings. The van der Waals surface area contributed by atoms with Crippen molar-refractivity contribution in [3.05, 3.63) is 70.6 Å². The van der Waals surface area contributed by atoms with E-state index in [0.29, 0.717) is 0 Å². The van der Waals surface area contributed by atoms with Crippen LogP contribution in [0.4, 0.5) is 0 Å². The van der Waals surface area contributed by atoms with Crippen LogP contribution >= 0.6 is 11.3 Å². The summed E-state index contributed by atoms with van der Waals surface area (Å²) in [6.07, 6.45) is 3.18. The van der Waals surface area contributed by atoms with Crippen LogP contribution in [-0.4, -0.2) is 5.78 Å². The lowest BCUT2D eigenvalue weighted by molar-refractivity contribution is 0.0953. The van der Waals surface area contributed by atoms with E-state index in [9.17, 15) is 4.79 Å². The number of hydrogen-bond donors (Lipinski definition) is 0. The lowest BCUT2D eigenvalue weighted by Crippen LogP contribution is -2.18. The van der Waals surface area contributed by atoms with Crippen LogP contribution in [0.5, 0.6) is 0 Å². The molecule has 1 aliphatic rings. The summed E-state index contributed by atoms with van der Waals surface area (Å²) in [4.78, 5) is 13.1. The highest BCUT2D eigenvalue weighted by atomic mass is 32.1. The molecule has 2 aromatic carbocycles. The van der Waals surface area contributed by atoms with E-state index in [4.69, 9.17) is 0 Å². The van der Waals surface area contributed by atoms with E-state index in [1.807, 2.05) is 12.1 Å². The molecule has 1 atom stereocenters. The van der Waals surface area contributed by atoms with Gasteiger partial charge in [0.1, 0.15) is 0 Å². The van der Waals surface area contributed by atoms with Gasteiger partial charge in [0.25, 0.3) is 0 Å². The molecule has 21 heavy (non-hydrogen) atoms. The van der Waals surface area contributed by atoms with Gasteiger partial charge in [-0.25, -0.2) is 0 Å². The van der Waals surface area contributed by atoms with Crippen LogP contribution in [0.1, 0.15) is 40.2 Å². The van der Waals surface area contributed by atoms with Crippen molar-refractivity contribution in [1.29, 1.82) is 0 Å². The van der Waals surface area contributed by atoms with Crippen molar-refractivity contribution >= 4 is 27.2 Å². The number of hydrogen-bond acceptors (Lipinski definition) is 2. The van der Waals surface area contributed by atoms with Crippen LogP contribution in [0.15, 0.2) is 53.9 Å². The maximum atomic E-state index is 13.1. The van der Waals surface area contributed by atoms with E-state index < -0.39 is 0 Å². The molecule has 1 unspecified atom stereocenters. The monoisotopic (exact) mass is 292 g/mol. The molecule has 0 saturated carbocycles. The van der Waals surface area contributed by atoms with Gasteiger partial charge in [0, 0.05) is 16.2 Å². The van der Waals surface area contributed by atoms with Crippen molar-refractivity contribution in [1.82, 2.24) is 0 Å². The first-order valence-electron chi connectivity index (χ1n) is 7.43. The van der Waals surface area contributed by atoms with Crippen molar-refractivity contribution in [2.24, 2.45) is 0 Å². The lowest BCUT2D eigenvalue weighted by atomic mass is 9.79. The van der Waals surface area contributed by atoms with Gasteiger partial charge in [-0.3, -0.25) is 4.79 Å². The minimum Gasteiger partial charge on any atom is -0.293 e. The highest BCUT2D eigenvalue weighted by Gasteiger charge is 2.28. The van der Waals surface area contributed by atoms with Gasteiger partial charge in [0.2, 0.25) is 0 Å². The Hall–Kier alpha value is -1.93. The topological polar surface area (TPSA) is 17.1 Å². The van der Waals surface area contributed by atoms with Gasteiger partial charge in [-0.05, 0) is 53.3 Å². The predicted octanol–water partition coefficient (Wildman–Crippen LogP) is 5.20. The number of aryl methyl sites for hydroxylation is 1. The third kappa shape index (κ3) is 2.11. The average molecular weight is 292 g/mol. The fraction of sp³-hybridized carbons (Fsp3) is 0.211. The molecule has 1 aliphatic carbocycles. The Labute approximate surface area is 128 Å². The number of thiophene rings is 1. The fourth-order valence-electron chi connectivity index (χ4n) is 3.40. The Morgan fingerprint density at radius 2 is 1.95 bits per heavy atom. The zero-order valence-corrected chi connectivity index (χ0v) is 12.5. The molecule has 0 spiro atoms. The van der Waals surface area contributed by atoms with E-state index in [1.165, 1.54) is 16.5 Å². The summed E-state index contributed by atoms with van der Waals surface area (Å²) in [6.45, 7) is 0. The van der Waals surface area contributed by atoms with Crippen molar-refractivity contribution < 1.29 is 4.79 Å². The van der Waals surface area contributed by atoms with Gasteiger partial charge >= 0.3 is 0 Å². The third-order valence-corrected chi connectivity index (χ3v) is 5.39. The molecule has 2 heteroatoms. The minimum absolute atomic E-state index is 0.0302. The number of Topliss-reactive ketones (excluding diaryl/α,β-unsaturated/α-hetero) is 1. The third-order valence-electron chi connectivity index (χ3n) is 4.43. The normalized spacial score (nSPS) is 17.6. The Morgan fingerprint density at radius 3 is 2.90 bits per heavy atom. The molecular weight excluding hydrogens is 276 g/mol. The first kappa shape index (κ1) is 12.8. The summed E-state index contributed by atoms with van der Waals surface area (Å²) in [6, 6.07) is 16.6. The molecule has 4 rings (SSSR count). The highest BCUT2D eigenvalue weighted by molar-refractivity contribution is 7.17. The molecule has 1 aromatic heterocycles. The van der Waals surface area contributed by atoms with E-state index >= 15 is 0 Å². The number of benzene rings is 2. The van der Waals surface area contributed by atoms with Crippen molar-refractivity contribution in [2.45, 2.75) is 25.2 Å². The molecular formula is C19H16OS. The second-order valence-corrected chi connectivity index (χ2v) is 6.57. The van der Waals surface area contributed by atoms with Gasteiger partial charge in [0.15, 0.2) is 5.78 Å². The summed E-state index contributed by atoms with van der Waals surface area (Å²) in [5.74, 6) is 0.317. The molecule has 1 nitrogen and oxygen atoms in total. The maximum Gasteiger partial charge on any atom is 0.171 e. The lowest BCUT2D eigenvalue weighted by Gasteiger charge is -2.24. The molecule has 1 heterocycles. The Bertz CT molecular complexity index is 815. The number of rotatable bonds is 2. The summed E-state index contributed by atoms with van der Waals surface area (Å²) in [5.41, 5.74) is 3.48. The number of carbonyl (C=O) groups is 1. The van der Waals surface area contributed by atoms with Crippen LogP contribution < -0.4 is 0 Å². The van der Waals surface area contributed by atoms with Crippen LogP contribution in [0.3, 0.4) is 0 Å². The molecule has 0 radical (unpaired) electrons. The Balaban J connectivity index is 1.81. The van der Waals surface area contributed by atoms with E-state index in [-0.39, 0.29) is 11.7 Å². The maximum absolute atomic E-state index is 13.1. The largest absolute Gasteiger partial charge is 0.293 e. The molecule has 0 aliphatic heterocycles. The van der Waals surface area contributed by atoms with Gasteiger partial charge in [-0.1, -0.05) is 36.4 Å². The van der Waals surface area contributed by atoms with E-state index in [2.05, 4.69) is 41.8 Å². The quantitative estimate of drug-likeness (QED) is 0.593. The van der Waals surface area contributed by atoms with E-state index in [0.717, 1.165) is 29.5 Å². The SMILES string of the molecule is O=C(c1cccc2ccsc12)C1CCCc2ccccc21. The van der Waals surface area contributed by atoms with Crippen LogP contribution in [0.2, 0.25) is 0 Å². The van der Waals surface area contributed by atoms with Crippen LogP contribution in [0.25, 0.3) is 10.1 Å². The summed E-state index contributed by atoms with van der Waals surface area (Å²) >= 11 is 1.67. The first-order chi connectivity index (χ1) is 10.3. The first-order valence-corrected chi connectivity index (χ1v) is 8.31. The van der Waals surface area contributed by atoms with Crippen LogP contribution in [0, 0.1) is 0 Å². The van der Waals surface area contributed by atoms with Gasteiger partial charge in [-0.2, -0.15) is 0 Å². The second-order valence-electron chi connectivity index (χ2n) is 5.65. The Kier molecular flexibility index (Phi) is 3.12. The molecule has 104 valence electrons. The number of fused-ring (bicyclic) bond motifs is 2. The van der Waals surface area contributed by atoms with Gasteiger partial charge in [0.05, 0.1) is 0 Å². The van der Waals surface area contributed by atoms with Crippen molar-refractivity contribution in [3.8, 4) is 0 Å². The standard InChI is InChI=1S/C19H16OS/c20-18(17-10-4-7-14-11-12-21-19(14)17)16-9-3-6-13-5-1-2-8-15(13)16/h1-2,4-5,7-8,10-12,16H,3,6,9H2. The molecule has 3 aromatic rings. The second kappa shape index (κ2) is 5.12. The zero-order valence-electron chi connectivity index (χ0n) is 11.7. The smallest absolute Gasteiger partial charge is 0.171 e. The van der Waals surface area contributed by atoms with Gasteiger partial charge in [-0.15, -0.1) is 11.3 Å². The minimum atomic E-state index is 0.0302. The van der Waals surface area contributed by atoms with Gasteiger partial charge < -0.3 is 0 Å². The van der Waals surface area contributed by atoms with E-state index in [1.54, 1.807) is 11.3 Å². The van der Waals surface area contributed by atoms with Crippen molar-refractivity contribution in [2.75, 3.05) is 0 Å². The summed E-state index contributed by atoms with van der Waals surface area (Å²) < 4.78 is 1.13. The molecule has 0 N–H and O–H groups in total. The Morgan fingerprint density at radius 1 is 1.05 bits per heavy atom. The highest BCUT2D eigenvalue weighted by Crippen LogP contribution is 2.36. The summed E-state index contributed by atoms with van der Waals surface area (Å²) in [7, 11) is 0. The predicted molar refractivity (Wildman–Crippen MR) is 88.3 cm³/mol. The zero-order chi connectivity index (χ0) is 14.2. The van der Waals surface area contributed by atoms with Crippen molar-refractivity contribution in [3.63, 3.8) is 0 Å². The number of ketones is 1. The summed E-state index contributed by atoms with van der Waals surface area (Å²) in [5, 5.41) is 3.24. The van der Waals surface area contributed by atoms with Crippen LogP contribution in [-0.2, 0) is 6.42 Å². The number of carbonyl (C=O) groups excluding carboxylic acids is 1.